The Hall–Kier alpha value is -1.42. The first-order valence-electron chi connectivity index (χ1n) is 6.06. The van der Waals surface area contributed by atoms with Gasteiger partial charge in [0.15, 0.2) is 5.82 Å². The van der Waals surface area contributed by atoms with Crippen LogP contribution in [-0.2, 0) is 12.8 Å². The van der Waals surface area contributed by atoms with Gasteiger partial charge in [0.1, 0.15) is 5.82 Å². The van der Waals surface area contributed by atoms with E-state index in [1.165, 1.54) is 17.7 Å². The first kappa shape index (κ1) is 10.7. The third-order valence-corrected chi connectivity index (χ3v) is 3.88. The molecular weight excluding hydrogens is 230 g/mol. The van der Waals surface area contributed by atoms with E-state index in [4.69, 9.17) is 4.98 Å². The summed E-state index contributed by atoms with van der Waals surface area (Å²) in [5, 5.41) is 5.43. The number of nitrogens with one attached hydrogen (secondary N) is 1. The third kappa shape index (κ3) is 1.93. The Balaban J connectivity index is 2.09. The molecule has 0 amide bonds. The van der Waals surface area contributed by atoms with Gasteiger partial charge in [-0.25, -0.2) is 9.97 Å². The highest BCUT2D eigenvalue weighted by molar-refractivity contribution is 7.13. The number of anilines is 1. The lowest BCUT2D eigenvalue weighted by atomic mass is 10.2. The number of rotatable bonds is 3. The smallest absolute Gasteiger partial charge is 0.171 e. The highest BCUT2D eigenvalue weighted by Crippen LogP contribution is 2.30. The van der Waals surface area contributed by atoms with E-state index >= 15 is 0 Å². The van der Waals surface area contributed by atoms with Crippen LogP contribution in [0, 0.1) is 0 Å². The van der Waals surface area contributed by atoms with Crippen molar-refractivity contribution in [3.8, 4) is 10.7 Å². The van der Waals surface area contributed by atoms with Gasteiger partial charge < -0.3 is 5.32 Å². The Labute approximate surface area is 105 Å². The largest absolute Gasteiger partial charge is 0.370 e. The van der Waals surface area contributed by atoms with E-state index in [0.717, 1.165) is 35.9 Å². The number of aryl methyl sites for hydroxylation is 1. The number of hydrogen-bond acceptors (Lipinski definition) is 4. The highest BCUT2D eigenvalue weighted by atomic mass is 32.1. The number of fused-ring (bicyclic) bond motifs is 1. The Kier molecular flexibility index (Phi) is 2.81. The quantitative estimate of drug-likeness (QED) is 0.902. The van der Waals surface area contributed by atoms with Crippen molar-refractivity contribution in [1.82, 2.24) is 9.97 Å². The van der Waals surface area contributed by atoms with Crippen LogP contribution in [0.5, 0.6) is 0 Å². The molecule has 2 aromatic rings. The van der Waals surface area contributed by atoms with Crippen LogP contribution >= 0.6 is 11.3 Å². The van der Waals surface area contributed by atoms with Gasteiger partial charge in [-0.1, -0.05) is 6.07 Å². The summed E-state index contributed by atoms with van der Waals surface area (Å²) in [6, 6.07) is 4.13. The molecule has 1 aliphatic rings. The molecule has 88 valence electrons. The monoisotopic (exact) mass is 245 g/mol. The topological polar surface area (TPSA) is 37.8 Å². The molecule has 2 aromatic heterocycles. The van der Waals surface area contributed by atoms with Crippen molar-refractivity contribution >= 4 is 17.2 Å². The molecular formula is C13H15N3S. The highest BCUT2D eigenvalue weighted by Gasteiger charge is 2.19. The maximum atomic E-state index is 4.70. The summed E-state index contributed by atoms with van der Waals surface area (Å²) in [6.45, 7) is 3.02. The van der Waals surface area contributed by atoms with Crippen LogP contribution in [0.4, 0.5) is 5.82 Å². The van der Waals surface area contributed by atoms with E-state index in [-0.39, 0.29) is 0 Å². The van der Waals surface area contributed by atoms with Gasteiger partial charge in [-0.05, 0) is 37.6 Å². The minimum absolute atomic E-state index is 0.872. The molecule has 0 saturated heterocycles. The summed E-state index contributed by atoms with van der Waals surface area (Å²) < 4.78 is 0. The van der Waals surface area contributed by atoms with Gasteiger partial charge in [-0.3, -0.25) is 0 Å². The zero-order valence-corrected chi connectivity index (χ0v) is 10.7. The molecule has 0 aliphatic heterocycles. The second kappa shape index (κ2) is 4.45. The summed E-state index contributed by atoms with van der Waals surface area (Å²) in [6.07, 6.45) is 3.41. The first-order chi connectivity index (χ1) is 8.38. The van der Waals surface area contributed by atoms with E-state index in [1.807, 2.05) is 6.07 Å². The molecule has 2 heterocycles. The van der Waals surface area contributed by atoms with E-state index in [1.54, 1.807) is 11.3 Å². The van der Waals surface area contributed by atoms with E-state index in [0.29, 0.717) is 0 Å². The molecule has 0 aromatic carbocycles. The normalized spacial score (nSPS) is 13.7. The maximum Gasteiger partial charge on any atom is 0.171 e. The predicted octanol–water partition coefficient (Wildman–Crippen LogP) is 3.13. The molecule has 0 unspecified atom stereocenters. The van der Waals surface area contributed by atoms with E-state index in [9.17, 15) is 0 Å². The molecule has 0 bridgehead atoms. The Bertz CT molecular complexity index is 520. The first-order valence-corrected chi connectivity index (χ1v) is 6.94. The fraction of sp³-hybridized carbons (Fsp3) is 0.385. The lowest BCUT2D eigenvalue weighted by Gasteiger charge is -2.10. The Morgan fingerprint density at radius 2 is 2.29 bits per heavy atom. The second-order valence-corrected chi connectivity index (χ2v) is 5.13. The second-order valence-electron chi connectivity index (χ2n) is 4.18. The average molecular weight is 245 g/mol. The molecule has 0 radical (unpaired) electrons. The van der Waals surface area contributed by atoms with E-state index in [2.05, 4.69) is 28.7 Å². The lowest BCUT2D eigenvalue weighted by Crippen LogP contribution is -2.06. The van der Waals surface area contributed by atoms with Crippen LogP contribution < -0.4 is 5.32 Å². The number of thiophene rings is 1. The third-order valence-electron chi connectivity index (χ3n) is 3.02. The molecule has 0 atom stereocenters. The van der Waals surface area contributed by atoms with Gasteiger partial charge in [0.25, 0.3) is 0 Å². The van der Waals surface area contributed by atoms with Gasteiger partial charge in [-0.15, -0.1) is 11.3 Å². The van der Waals surface area contributed by atoms with Crippen molar-refractivity contribution in [2.24, 2.45) is 0 Å². The molecule has 3 rings (SSSR count). The fourth-order valence-electron chi connectivity index (χ4n) is 2.26. The van der Waals surface area contributed by atoms with Crippen molar-refractivity contribution in [3.05, 3.63) is 28.8 Å². The van der Waals surface area contributed by atoms with Crippen LogP contribution in [0.15, 0.2) is 17.5 Å². The summed E-state index contributed by atoms with van der Waals surface area (Å²) in [5.74, 6) is 1.91. The number of hydrogen-bond donors (Lipinski definition) is 1. The van der Waals surface area contributed by atoms with Gasteiger partial charge >= 0.3 is 0 Å². The molecule has 1 N–H and O–H groups in total. The molecule has 1 aliphatic carbocycles. The summed E-state index contributed by atoms with van der Waals surface area (Å²) in [7, 11) is 0. The Morgan fingerprint density at radius 3 is 3.06 bits per heavy atom. The fourth-order valence-corrected chi connectivity index (χ4v) is 2.92. The number of aromatic nitrogens is 2. The minimum Gasteiger partial charge on any atom is -0.370 e. The van der Waals surface area contributed by atoms with Crippen molar-refractivity contribution in [2.45, 2.75) is 26.2 Å². The summed E-state index contributed by atoms with van der Waals surface area (Å²) in [4.78, 5) is 10.5. The van der Waals surface area contributed by atoms with E-state index < -0.39 is 0 Å². The zero-order chi connectivity index (χ0) is 11.7. The predicted molar refractivity (Wildman–Crippen MR) is 71.5 cm³/mol. The van der Waals surface area contributed by atoms with Crippen LogP contribution in [0.1, 0.15) is 24.6 Å². The van der Waals surface area contributed by atoms with Crippen LogP contribution in [0.3, 0.4) is 0 Å². The number of nitrogens with zero attached hydrogens (tertiary/aromatic N) is 2. The molecule has 0 fully saturated rings. The standard InChI is InChI=1S/C13H15N3S/c1-2-14-12-9-5-3-6-10(9)15-13(16-12)11-7-4-8-17-11/h4,7-8H,2-3,5-6H2,1H3,(H,14,15,16). The molecule has 0 spiro atoms. The zero-order valence-electron chi connectivity index (χ0n) is 9.86. The summed E-state index contributed by atoms with van der Waals surface area (Å²) >= 11 is 1.70. The molecule has 17 heavy (non-hydrogen) atoms. The average Bonchev–Trinajstić information content (AvgIpc) is 3.00. The minimum atomic E-state index is 0.872. The lowest BCUT2D eigenvalue weighted by molar-refractivity contribution is 0.900. The van der Waals surface area contributed by atoms with Crippen molar-refractivity contribution in [1.29, 1.82) is 0 Å². The van der Waals surface area contributed by atoms with Gasteiger partial charge in [-0.2, -0.15) is 0 Å². The van der Waals surface area contributed by atoms with Crippen molar-refractivity contribution in [3.63, 3.8) is 0 Å². The van der Waals surface area contributed by atoms with Gasteiger partial charge in [0.2, 0.25) is 0 Å². The summed E-state index contributed by atoms with van der Waals surface area (Å²) in [5.41, 5.74) is 2.56. The van der Waals surface area contributed by atoms with Gasteiger partial charge in [0.05, 0.1) is 4.88 Å². The van der Waals surface area contributed by atoms with Crippen LogP contribution in [-0.4, -0.2) is 16.5 Å². The molecule has 3 nitrogen and oxygen atoms in total. The molecule has 4 heteroatoms. The Morgan fingerprint density at radius 1 is 1.35 bits per heavy atom. The SMILES string of the molecule is CCNc1nc(-c2cccs2)nc2c1CCC2. The van der Waals surface area contributed by atoms with Crippen LogP contribution in [0.2, 0.25) is 0 Å². The maximum absolute atomic E-state index is 4.70. The van der Waals surface area contributed by atoms with Gasteiger partial charge in [0, 0.05) is 17.8 Å². The van der Waals surface area contributed by atoms with Crippen LogP contribution in [0.25, 0.3) is 10.7 Å². The van der Waals surface area contributed by atoms with Crippen molar-refractivity contribution in [2.75, 3.05) is 11.9 Å². The van der Waals surface area contributed by atoms with Crippen molar-refractivity contribution < 1.29 is 0 Å². The molecule has 0 saturated carbocycles.